The van der Waals surface area contributed by atoms with Crippen molar-refractivity contribution >= 4 is 5.82 Å². The number of anilines is 1. The summed E-state index contributed by atoms with van der Waals surface area (Å²) in [5.74, 6) is 1.02. The Morgan fingerprint density at radius 2 is 2.21 bits per heavy atom. The molecule has 0 unspecified atom stereocenters. The largest absolute Gasteiger partial charge is 0.370 e. The van der Waals surface area contributed by atoms with Crippen molar-refractivity contribution in [3.63, 3.8) is 0 Å². The zero-order chi connectivity index (χ0) is 9.80. The quantitative estimate of drug-likeness (QED) is 0.720. The van der Waals surface area contributed by atoms with Gasteiger partial charge in [-0.1, -0.05) is 0 Å². The van der Waals surface area contributed by atoms with Gasteiger partial charge in [0.2, 0.25) is 0 Å². The molecule has 1 aromatic heterocycles. The van der Waals surface area contributed by atoms with Crippen molar-refractivity contribution in [1.82, 2.24) is 15.3 Å². The number of nitrogens with one attached hydrogen (secondary N) is 2. The minimum Gasteiger partial charge on any atom is -0.370 e. The number of rotatable bonds is 2. The van der Waals surface area contributed by atoms with Gasteiger partial charge in [-0.25, -0.2) is 9.97 Å². The molecular formula is C10H16N4. The molecule has 0 spiro atoms. The molecule has 1 aliphatic rings. The number of aromatic nitrogens is 2. The molecule has 2 N–H and O–H groups in total. The van der Waals surface area contributed by atoms with Crippen LogP contribution >= 0.6 is 0 Å². The molecule has 2 heterocycles. The molecule has 1 aliphatic heterocycles. The average Bonchev–Trinajstić information content (AvgIpc) is 2.44. The van der Waals surface area contributed by atoms with Crippen molar-refractivity contribution in [2.24, 2.45) is 0 Å². The summed E-state index contributed by atoms with van der Waals surface area (Å²) < 4.78 is 0. The minimum atomic E-state index is 0.914. The molecule has 4 heteroatoms. The zero-order valence-corrected chi connectivity index (χ0v) is 8.51. The van der Waals surface area contributed by atoms with Gasteiger partial charge in [-0.15, -0.1) is 0 Å². The first kappa shape index (κ1) is 9.40. The molecule has 0 atom stereocenters. The van der Waals surface area contributed by atoms with Crippen LogP contribution in [0.1, 0.15) is 18.2 Å². The summed E-state index contributed by atoms with van der Waals surface area (Å²) in [7, 11) is 0. The highest BCUT2D eigenvalue weighted by Crippen LogP contribution is 2.17. The van der Waals surface area contributed by atoms with Crippen molar-refractivity contribution in [2.75, 3.05) is 25.0 Å². The molecule has 0 fully saturated rings. The lowest BCUT2D eigenvalue weighted by atomic mass is 10.1. The number of hydrogen-bond donors (Lipinski definition) is 2. The van der Waals surface area contributed by atoms with E-state index in [0.717, 1.165) is 38.3 Å². The first-order valence-electron chi connectivity index (χ1n) is 5.19. The average molecular weight is 192 g/mol. The third kappa shape index (κ3) is 1.85. The summed E-state index contributed by atoms with van der Waals surface area (Å²) >= 11 is 0. The highest BCUT2D eigenvalue weighted by atomic mass is 15.0. The van der Waals surface area contributed by atoms with Gasteiger partial charge >= 0.3 is 0 Å². The third-order valence-corrected chi connectivity index (χ3v) is 2.47. The number of nitrogens with zero attached hydrogens (tertiary/aromatic N) is 2. The second-order valence-corrected chi connectivity index (χ2v) is 3.43. The molecule has 2 rings (SSSR count). The SMILES string of the molecule is CCNc1ncnc2c1CCNCC2. The molecule has 0 saturated heterocycles. The van der Waals surface area contributed by atoms with E-state index in [-0.39, 0.29) is 0 Å². The Labute approximate surface area is 84.2 Å². The monoisotopic (exact) mass is 192 g/mol. The van der Waals surface area contributed by atoms with Crippen molar-refractivity contribution in [2.45, 2.75) is 19.8 Å². The second-order valence-electron chi connectivity index (χ2n) is 3.43. The van der Waals surface area contributed by atoms with Crippen LogP contribution in [0.4, 0.5) is 5.82 Å². The van der Waals surface area contributed by atoms with E-state index in [2.05, 4.69) is 27.5 Å². The Bertz CT molecular complexity index is 311. The van der Waals surface area contributed by atoms with Gasteiger partial charge in [0.25, 0.3) is 0 Å². The lowest BCUT2D eigenvalue weighted by Crippen LogP contribution is -2.16. The van der Waals surface area contributed by atoms with Gasteiger partial charge in [-0.3, -0.25) is 0 Å². The van der Waals surface area contributed by atoms with Crippen molar-refractivity contribution in [3.05, 3.63) is 17.6 Å². The molecule has 0 aliphatic carbocycles. The normalized spacial score (nSPS) is 15.8. The summed E-state index contributed by atoms with van der Waals surface area (Å²) in [5, 5.41) is 6.65. The molecule has 0 radical (unpaired) electrons. The van der Waals surface area contributed by atoms with Crippen LogP contribution in [0.3, 0.4) is 0 Å². The predicted molar refractivity (Wildman–Crippen MR) is 56.5 cm³/mol. The molecule has 0 amide bonds. The van der Waals surface area contributed by atoms with E-state index in [4.69, 9.17) is 0 Å². The first-order chi connectivity index (χ1) is 6.92. The smallest absolute Gasteiger partial charge is 0.132 e. The van der Waals surface area contributed by atoms with Crippen molar-refractivity contribution < 1.29 is 0 Å². The summed E-state index contributed by atoms with van der Waals surface area (Å²) in [6.45, 7) is 5.05. The van der Waals surface area contributed by atoms with Crippen LogP contribution in [-0.4, -0.2) is 29.6 Å². The first-order valence-corrected chi connectivity index (χ1v) is 5.19. The Balaban J connectivity index is 2.32. The lowest BCUT2D eigenvalue weighted by Gasteiger charge is -2.10. The van der Waals surface area contributed by atoms with E-state index < -0.39 is 0 Å². The maximum Gasteiger partial charge on any atom is 0.132 e. The van der Waals surface area contributed by atoms with E-state index in [1.165, 1.54) is 11.3 Å². The predicted octanol–water partition coefficient (Wildman–Crippen LogP) is 0.597. The van der Waals surface area contributed by atoms with Gasteiger partial charge in [0.1, 0.15) is 12.1 Å². The Kier molecular flexibility index (Phi) is 2.93. The van der Waals surface area contributed by atoms with Crippen molar-refractivity contribution in [3.8, 4) is 0 Å². The van der Waals surface area contributed by atoms with Crippen LogP contribution in [0.15, 0.2) is 6.33 Å². The summed E-state index contributed by atoms with van der Waals surface area (Å²) in [5.41, 5.74) is 2.49. The Morgan fingerprint density at radius 1 is 1.36 bits per heavy atom. The number of hydrogen-bond acceptors (Lipinski definition) is 4. The van der Waals surface area contributed by atoms with Crippen LogP contribution in [0, 0.1) is 0 Å². The highest BCUT2D eigenvalue weighted by Gasteiger charge is 2.12. The van der Waals surface area contributed by atoms with Crippen LogP contribution in [0.25, 0.3) is 0 Å². The lowest BCUT2D eigenvalue weighted by molar-refractivity contribution is 0.708. The zero-order valence-electron chi connectivity index (χ0n) is 8.51. The summed E-state index contributed by atoms with van der Waals surface area (Å²) in [4.78, 5) is 8.60. The molecule has 1 aromatic rings. The fourth-order valence-corrected chi connectivity index (χ4v) is 1.79. The highest BCUT2D eigenvalue weighted by molar-refractivity contribution is 5.46. The maximum atomic E-state index is 4.33. The fourth-order valence-electron chi connectivity index (χ4n) is 1.79. The van der Waals surface area contributed by atoms with E-state index in [0.29, 0.717) is 0 Å². The van der Waals surface area contributed by atoms with Gasteiger partial charge < -0.3 is 10.6 Å². The van der Waals surface area contributed by atoms with E-state index in [1.807, 2.05) is 0 Å². The third-order valence-electron chi connectivity index (χ3n) is 2.47. The Morgan fingerprint density at radius 3 is 3.07 bits per heavy atom. The molecule has 0 saturated carbocycles. The van der Waals surface area contributed by atoms with Gasteiger partial charge in [-0.2, -0.15) is 0 Å². The van der Waals surface area contributed by atoms with Crippen LogP contribution in [-0.2, 0) is 12.8 Å². The van der Waals surface area contributed by atoms with Crippen LogP contribution in [0.5, 0.6) is 0 Å². The van der Waals surface area contributed by atoms with Gasteiger partial charge in [0.05, 0.1) is 5.69 Å². The standard InChI is InChI=1S/C10H16N4/c1-2-12-10-8-3-5-11-6-4-9(8)13-7-14-10/h7,11H,2-6H2,1H3,(H,12,13,14). The van der Waals surface area contributed by atoms with Gasteiger partial charge in [-0.05, 0) is 19.9 Å². The van der Waals surface area contributed by atoms with Gasteiger partial charge in [0.15, 0.2) is 0 Å². The fraction of sp³-hybridized carbons (Fsp3) is 0.600. The van der Waals surface area contributed by atoms with Crippen LogP contribution < -0.4 is 10.6 Å². The molecule has 0 aromatic carbocycles. The van der Waals surface area contributed by atoms with Crippen molar-refractivity contribution in [1.29, 1.82) is 0 Å². The minimum absolute atomic E-state index is 0.914. The number of fused-ring (bicyclic) bond motifs is 1. The molecule has 14 heavy (non-hydrogen) atoms. The topological polar surface area (TPSA) is 49.8 Å². The summed E-state index contributed by atoms with van der Waals surface area (Å²) in [6, 6.07) is 0. The van der Waals surface area contributed by atoms with E-state index in [9.17, 15) is 0 Å². The van der Waals surface area contributed by atoms with Gasteiger partial charge in [0, 0.05) is 25.1 Å². The van der Waals surface area contributed by atoms with E-state index in [1.54, 1.807) is 6.33 Å². The molecule has 0 bridgehead atoms. The molecule has 76 valence electrons. The molecular weight excluding hydrogens is 176 g/mol. The Hall–Kier alpha value is -1.16. The maximum absolute atomic E-state index is 4.33. The van der Waals surface area contributed by atoms with Crippen LogP contribution in [0.2, 0.25) is 0 Å². The van der Waals surface area contributed by atoms with E-state index >= 15 is 0 Å². The second kappa shape index (κ2) is 4.37. The summed E-state index contributed by atoms with van der Waals surface area (Å²) in [6.07, 6.45) is 3.69. The molecule has 4 nitrogen and oxygen atoms in total.